The Morgan fingerprint density at radius 2 is 1.71 bits per heavy atom. The number of alkyl carbamates (subject to hydrolysis) is 1. The average molecular weight is 427 g/mol. The van der Waals surface area contributed by atoms with Gasteiger partial charge in [-0.3, -0.25) is 14.5 Å². The number of amides is 3. The van der Waals surface area contributed by atoms with Gasteiger partial charge in [0.1, 0.15) is 11.6 Å². The van der Waals surface area contributed by atoms with Crippen molar-refractivity contribution in [2.45, 2.75) is 32.4 Å². The number of carbonyl (C=O) groups is 4. The van der Waals surface area contributed by atoms with Crippen LogP contribution in [-0.4, -0.2) is 66.2 Å². The summed E-state index contributed by atoms with van der Waals surface area (Å²) in [6, 6.07) is 7.03. The normalized spacial score (nSPS) is 14.4. The molecule has 9 heteroatoms. The molecule has 2 N–H and O–H groups in total. The van der Waals surface area contributed by atoms with E-state index >= 15 is 0 Å². The number of aliphatic carboxylic acids is 1. The molecule has 1 aliphatic rings. The number of ether oxygens (including phenoxy) is 1. The Morgan fingerprint density at radius 1 is 1.10 bits per heavy atom. The predicted molar refractivity (Wildman–Crippen MR) is 114 cm³/mol. The minimum absolute atomic E-state index is 0.303. The number of carboxylic acid groups (broad SMARTS) is 1. The summed E-state index contributed by atoms with van der Waals surface area (Å²) < 4.78 is 5.09. The number of rotatable bonds is 5. The fourth-order valence-electron chi connectivity index (χ4n) is 3.50. The first-order valence-corrected chi connectivity index (χ1v) is 9.72. The first-order chi connectivity index (χ1) is 14.4. The molecule has 0 radical (unpaired) electrons. The summed E-state index contributed by atoms with van der Waals surface area (Å²) in [5.41, 5.74) is 0.627. The zero-order valence-electron chi connectivity index (χ0n) is 18.1. The van der Waals surface area contributed by atoms with E-state index in [-0.39, 0.29) is 0 Å². The Hall–Kier alpha value is -3.62. The quantitative estimate of drug-likeness (QED) is 0.704. The second-order valence-corrected chi connectivity index (χ2v) is 8.51. The first kappa shape index (κ1) is 22.1. The Bertz CT molecular complexity index is 1060. The van der Waals surface area contributed by atoms with Gasteiger partial charge in [-0.15, -0.1) is 0 Å². The van der Waals surface area contributed by atoms with Crippen molar-refractivity contribution >= 4 is 40.3 Å². The number of carbonyl (C=O) groups excluding carboxylic acids is 3. The molecule has 31 heavy (non-hydrogen) atoms. The van der Waals surface area contributed by atoms with Crippen molar-refractivity contribution in [3.63, 3.8) is 0 Å². The molecule has 1 atom stereocenters. The number of nitrogens with one attached hydrogen (secondary N) is 1. The number of nitrogens with zero attached hydrogens (tertiary/aromatic N) is 2. The fraction of sp³-hybridized carbons (Fsp3) is 0.364. The smallest absolute Gasteiger partial charge is 0.408 e. The van der Waals surface area contributed by atoms with Gasteiger partial charge in [-0.2, -0.15) is 0 Å². The van der Waals surface area contributed by atoms with Crippen molar-refractivity contribution in [3.05, 3.63) is 41.5 Å². The highest BCUT2D eigenvalue weighted by Crippen LogP contribution is 2.35. The molecule has 0 unspecified atom stereocenters. The largest absolute Gasteiger partial charge is 0.480 e. The van der Waals surface area contributed by atoms with Gasteiger partial charge >= 0.3 is 12.1 Å². The Morgan fingerprint density at radius 3 is 2.26 bits per heavy atom. The van der Waals surface area contributed by atoms with Crippen molar-refractivity contribution in [1.29, 1.82) is 0 Å². The molecule has 0 saturated carbocycles. The fourth-order valence-corrected chi connectivity index (χ4v) is 3.50. The summed E-state index contributed by atoms with van der Waals surface area (Å²) >= 11 is 0. The van der Waals surface area contributed by atoms with Crippen LogP contribution in [0.3, 0.4) is 0 Å². The highest BCUT2D eigenvalue weighted by Gasteiger charge is 2.37. The molecule has 2 aromatic carbocycles. The summed E-state index contributed by atoms with van der Waals surface area (Å²) in [6.07, 6.45) is -0.949. The van der Waals surface area contributed by atoms with Crippen LogP contribution in [0.25, 0.3) is 10.8 Å². The summed E-state index contributed by atoms with van der Waals surface area (Å²) in [5, 5.41) is 13.1. The Balaban J connectivity index is 1.95. The van der Waals surface area contributed by atoms with Crippen LogP contribution in [-0.2, 0) is 9.53 Å². The zero-order chi connectivity index (χ0) is 23.1. The van der Waals surface area contributed by atoms with Gasteiger partial charge in [0, 0.05) is 41.7 Å². The summed E-state index contributed by atoms with van der Waals surface area (Å²) in [4.78, 5) is 52.7. The van der Waals surface area contributed by atoms with Crippen molar-refractivity contribution < 1.29 is 29.0 Å². The number of imide groups is 1. The van der Waals surface area contributed by atoms with Gasteiger partial charge in [-0.25, -0.2) is 9.59 Å². The topological polar surface area (TPSA) is 116 Å². The second-order valence-electron chi connectivity index (χ2n) is 8.51. The van der Waals surface area contributed by atoms with Gasteiger partial charge in [-0.05, 0) is 39.0 Å². The lowest BCUT2D eigenvalue weighted by Crippen LogP contribution is -2.53. The maximum absolute atomic E-state index is 13.1. The van der Waals surface area contributed by atoms with Crippen LogP contribution < -0.4 is 10.2 Å². The molecule has 164 valence electrons. The highest BCUT2D eigenvalue weighted by molar-refractivity contribution is 6.26. The van der Waals surface area contributed by atoms with Crippen molar-refractivity contribution in [3.8, 4) is 0 Å². The van der Waals surface area contributed by atoms with Crippen LogP contribution in [0.4, 0.5) is 10.5 Å². The molecule has 0 fully saturated rings. The molecule has 1 aliphatic heterocycles. The monoisotopic (exact) mass is 427 g/mol. The Labute approximate surface area is 179 Å². The molecular weight excluding hydrogens is 402 g/mol. The van der Waals surface area contributed by atoms with Crippen LogP contribution in [0.5, 0.6) is 0 Å². The van der Waals surface area contributed by atoms with Gasteiger partial charge in [0.2, 0.25) is 0 Å². The number of hydrogen-bond donors (Lipinski definition) is 2. The van der Waals surface area contributed by atoms with E-state index in [0.717, 1.165) is 16.0 Å². The SMILES string of the molecule is CN(C)c1ccc2c3c(cccc13)C(=O)N(C[C@H](NC(=O)OC(C)(C)C)C(=O)O)C2=O. The van der Waals surface area contributed by atoms with E-state index in [9.17, 15) is 24.3 Å². The van der Waals surface area contributed by atoms with E-state index in [1.165, 1.54) is 0 Å². The van der Waals surface area contributed by atoms with E-state index in [1.807, 2.05) is 25.1 Å². The van der Waals surface area contributed by atoms with Crippen molar-refractivity contribution in [1.82, 2.24) is 10.2 Å². The van der Waals surface area contributed by atoms with Crippen molar-refractivity contribution in [2.75, 3.05) is 25.5 Å². The van der Waals surface area contributed by atoms with Crippen LogP contribution in [0.1, 0.15) is 41.5 Å². The van der Waals surface area contributed by atoms with E-state index in [1.54, 1.807) is 45.0 Å². The lowest BCUT2D eigenvalue weighted by Gasteiger charge is -2.30. The van der Waals surface area contributed by atoms with E-state index in [2.05, 4.69) is 5.32 Å². The van der Waals surface area contributed by atoms with Crippen LogP contribution in [0, 0.1) is 0 Å². The molecule has 9 nitrogen and oxygen atoms in total. The highest BCUT2D eigenvalue weighted by atomic mass is 16.6. The van der Waals surface area contributed by atoms with Gasteiger partial charge in [-0.1, -0.05) is 12.1 Å². The van der Waals surface area contributed by atoms with E-state index in [0.29, 0.717) is 16.5 Å². The molecule has 0 spiro atoms. The zero-order valence-corrected chi connectivity index (χ0v) is 18.1. The minimum atomic E-state index is -1.52. The number of carboxylic acids is 1. The lowest BCUT2D eigenvalue weighted by atomic mass is 9.92. The maximum atomic E-state index is 13.1. The molecule has 0 saturated heterocycles. The third kappa shape index (κ3) is 4.30. The van der Waals surface area contributed by atoms with Gasteiger partial charge in [0.25, 0.3) is 11.8 Å². The van der Waals surface area contributed by atoms with E-state index in [4.69, 9.17) is 4.74 Å². The Kier molecular flexibility index (Phi) is 5.62. The maximum Gasteiger partial charge on any atom is 0.408 e. The summed E-state index contributed by atoms with van der Waals surface area (Å²) in [6.45, 7) is 4.39. The molecule has 0 aromatic heterocycles. The molecular formula is C22H25N3O6. The number of hydrogen-bond acceptors (Lipinski definition) is 6. The molecule has 0 bridgehead atoms. The minimum Gasteiger partial charge on any atom is -0.480 e. The van der Waals surface area contributed by atoms with Gasteiger partial charge in [0.15, 0.2) is 0 Å². The lowest BCUT2D eigenvalue weighted by molar-refractivity contribution is -0.139. The second kappa shape index (κ2) is 7.90. The van der Waals surface area contributed by atoms with Crippen LogP contribution in [0.2, 0.25) is 0 Å². The molecule has 0 aliphatic carbocycles. The third-order valence-electron chi connectivity index (χ3n) is 4.80. The number of benzene rings is 2. The van der Waals surface area contributed by atoms with E-state index < -0.39 is 42.1 Å². The molecule has 2 aromatic rings. The van der Waals surface area contributed by atoms with Crippen LogP contribution >= 0.6 is 0 Å². The van der Waals surface area contributed by atoms with Crippen molar-refractivity contribution in [2.24, 2.45) is 0 Å². The average Bonchev–Trinajstić information content (AvgIpc) is 2.66. The third-order valence-corrected chi connectivity index (χ3v) is 4.80. The summed E-state index contributed by atoms with van der Waals surface area (Å²) in [7, 11) is 3.73. The molecule has 3 rings (SSSR count). The number of anilines is 1. The molecule has 1 heterocycles. The van der Waals surface area contributed by atoms with Crippen LogP contribution in [0.15, 0.2) is 30.3 Å². The standard InChI is InChI=1S/C22H25N3O6/c1-22(2,3)31-21(30)23-15(20(28)29)11-25-18(26)13-8-6-7-12-16(24(4)5)10-9-14(17(12)13)19(25)27/h6-10,15H,11H2,1-5H3,(H,23,30)(H,28,29)/t15-/m0/s1. The first-order valence-electron chi connectivity index (χ1n) is 9.72. The summed E-state index contributed by atoms with van der Waals surface area (Å²) in [5.74, 6) is -2.62. The van der Waals surface area contributed by atoms with Gasteiger partial charge < -0.3 is 20.1 Å². The van der Waals surface area contributed by atoms with Gasteiger partial charge in [0.05, 0.1) is 6.54 Å². The predicted octanol–water partition coefficient (Wildman–Crippen LogP) is 2.48. The molecule has 3 amide bonds.